The van der Waals surface area contributed by atoms with Crippen molar-refractivity contribution < 1.29 is 8.42 Å². The van der Waals surface area contributed by atoms with E-state index in [0.29, 0.717) is 0 Å². The van der Waals surface area contributed by atoms with Crippen LogP contribution < -0.4 is 16.0 Å². The van der Waals surface area contributed by atoms with E-state index in [4.69, 9.17) is 5.84 Å². The van der Waals surface area contributed by atoms with Gasteiger partial charge in [-0.15, -0.1) is 0 Å². The van der Waals surface area contributed by atoms with Gasteiger partial charge in [0.15, 0.2) is 0 Å². The average Bonchev–Trinajstić information content (AvgIpc) is 2.39. The minimum Gasteiger partial charge on any atom is -0.308 e. The number of anilines is 2. The van der Waals surface area contributed by atoms with E-state index in [-0.39, 0.29) is 16.5 Å². The van der Waals surface area contributed by atoms with Crippen molar-refractivity contribution in [1.29, 1.82) is 0 Å². The molecule has 0 unspecified atom stereocenters. The Kier molecular flexibility index (Phi) is 3.40. The van der Waals surface area contributed by atoms with Crippen LogP contribution in [-0.2, 0) is 10.0 Å². The number of rotatable bonds is 4. The second-order valence-electron chi connectivity index (χ2n) is 3.34. The third kappa shape index (κ3) is 2.73. The van der Waals surface area contributed by atoms with Crippen LogP contribution in [0.15, 0.2) is 47.6 Å². The molecule has 94 valence electrons. The van der Waals surface area contributed by atoms with E-state index >= 15 is 0 Å². The summed E-state index contributed by atoms with van der Waals surface area (Å²) in [4.78, 5) is 7.77. The molecule has 0 spiro atoms. The molecule has 0 aromatic carbocycles. The lowest BCUT2D eigenvalue weighted by Crippen LogP contribution is -2.15. The molecule has 0 aliphatic heterocycles. The Bertz CT molecular complexity index is 630. The highest BCUT2D eigenvalue weighted by molar-refractivity contribution is 7.92. The van der Waals surface area contributed by atoms with E-state index in [9.17, 15) is 8.42 Å². The standard InChI is InChI=1S/C10H11N5O2S/c11-14-10-7-8(4-6-13-10)18(16,17)15-9-3-1-2-5-12-9/h1-7H,11H2,(H,12,15)(H,13,14). The molecule has 0 saturated carbocycles. The molecule has 7 nitrogen and oxygen atoms in total. The Balaban J connectivity index is 2.31. The number of nitrogens with two attached hydrogens (primary N) is 1. The van der Waals surface area contributed by atoms with Crippen molar-refractivity contribution in [2.24, 2.45) is 5.84 Å². The van der Waals surface area contributed by atoms with Crippen LogP contribution in [0.3, 0.4) is 0 Å². The average molecular weight is 265 g/mol. The fourth-order valence-electron chi connectivity index (χ4n) is 1.28. The van der Waals surface area contributed by atoms with Crippen LogP contribution in [0.5, 0.6) is 0 Å². The van der Waals surface area contributed by atoms with Crippen molar-refractivity contribution in [3.05, 3.63) is 42.7 Å². The van der Waals surface area contributed by atoms with Crippen LogP contribution in [0.2, 0.25) is 0 Å². The summed E-state index contributed by atoms with van der Waals surface area (Å²) >= 11 is 0. The summed E-state index contributed by atoms with van der Waals surface area (Å²) in [7, 11) is -3.69. The van der Waals surface area contributed by atoms with E-state index < -0.39 is 10.0 Å². The van der Waals surface area contributed by atoms with Gasteiger partial charge in [0.1, 0.15) is 11.6 Å². The van der Waals surface area contributed by atoms with Crippen LogP contribution in [0.25, 0.3) is 0 Å². The van der Waals surface area contributed by atoms with Gasteiger partial charge in [0, 0.05) is 18.5 Å². The normalized spacial score (nSPS) is 10.9. The van der Waals surface area contributed by atoms with Gasteiger partial charge in [-0.3, -0.25) is 4.72 Å². The van der Waals surface area contributed by atoms with E-state index in [1.807, 2.05) is 0 Å². The fraction of sp³-hybridized carbons (Fsp3) is 0. The van der Waals surface area contributed by atoms with E-state index in [1.165, 1.54) is 24.5 Å². The van der Waals surface area contributed by atoms with Crippen LogP contribution in [0.1, 0.15) is 0 Å². The lowest BCUT2D eigenvalue weighted by molar-refractivity contribution is 0.601. The summed E-state index contributed by atoms with van der Waals surface area (Å²) in [6, 6.07) is 7.63. The maximum atomic E-state index is 12.0. The highest BCUT2D eigenvalue weighted by Crippen LogP contribution is 2.15. The van der Waals surface area contributed by atoms with Gasteiger partial charge in [0.25, 0.3) is 10.0 Å². The first kappa shape index (κ1) is 12.3. The number of nitrogen functional groups attached to an aromatic ring is 1. The van der Waals surface area contributed by atoms with Crippen molar-refractivity contribution in [3.63, 3.8) is 0 Å². The molecule has 18 heavy (non-hydrogen) atoms. The predicted octanol–water partition coefficient (Wildman–Crippen LogP) is 0.563. The minimum absolute atomic E-state index is 0.0519. The van der Waals surface area contributed by atoms with Crippen molar-refractivity contribution >= 4 is 21.7 Å². The number of hydrogen-bond acceptors (Lipinski definition) is 6. The van der Waals surface area contributed by atoms with Gasteiger partial charge < -0.3 is 5.43 Å². The first-order valence-electron chi connectivity index (χ1n) is 4.98. The zero-order valence-corrected chi connectivity index (χ0v) is 10.1. The van der Waals surface area contributed by atoms with Gasteiger partial charge in [-0.05, 0) is 18.2 Å². The number of pyridine rings is 2. The molecule has 2 aromatic rings. The van der Waals surface area contributed by atoms with Gasteiger partial charge in [-0.25, -0.2) is 24.2 Å². The van der Waals surface area contributed by atoms with Crippen LogP contribution in [0, 0.1) is 0 Å². The zero-order chi connectivity index (χ0) is 13.0. The molecule has 0 amide bonds. The Morgan fingerprint density at radius 2 is 1.83 bits per heavy atom. The molecule has 0 saturated heterocycles. The third-order valence-corrected chi connectivity index (χ3v) is 3.45. The molecule has 0 radical (unpaired) electrons. The molecule has 2 aromatic heterocycles. The topological polar surface area (TPSA) is 110 Å². The summed E-state index contributed by atoms with van der Waals surface area (Å²) in [6.45, 7) is 0. The van der Waals surface area contributed by atoms with Gasteiger partial charge in [0.2, 0.25) is 0 Å². The number of hydrogen-bond donors (Lipinski definition) is 3. The molecule has 0 aliphatic carbocycles. The smallest absolute Gasteiger partial charge is 0.263 e. The van der Waals surface area contributed by atoms with Crippen LogP contribution in [0.4, 0.5) is 11.6 Å². The number of nitrogens with one attached hydrogen (secondary N) is 2. The maximum Gasteiger partial charge on any atom is 0.263 e. The molecular weight excluding hydrogens is 254 g/mol. The second-order valence-corrected chi connectivity index (χ2v) is 5.02. The minimum atomic E-state index is -3.69. The lowest BCUT2D eigenvalue weighted by Gasteiger charge is -2.07. The molecule has 0 aliphatic rings. The lowest BCUT2D eigenvalue weighted by atomic mass is 10.5. The summed E-state index contributed by atoms with van der Waals surface area (Å²) in [5.41, 5.74) is 2.28. The molecule has 0 bridgehead atoms. The summed E-state index contributed by atoms with van der Waals surface area (Å²) in [6.07, 6.45) is 2.85. The Morgan fingerprint density at radius 3 is 2.50 bits per heavy atom. The van der Waals surface area contributed by atoms with Gasteiger partial charge in [-0.2, -0.15) is 0 Å². The van der Waals surface area contributed by atoms with E-state index in [0.717, 1.165) is 0 Å². The Hall–Kier alpha value is -2.19. The van der Waals surface area contributed by atoms with Gasteiger partial charge in [0.05, 0.1) is 4.90 Å². The molecule has 0 fully saturated rings. The number of nitrogens with zero attached hydrogens (tertiary/aromatic N) is 2. The molecular formula is C10H11N5O2S. The second kappa shape index (κ2) is 4.98. The summed E-state index contributed by atoms with van der Waals surface area (Å²) < 4.78 is 26.4. The van der Waals surface area contributed by atoms with Crippen molar-refractivity contribution in [2.45, 2.75) is 4.90 Å². The van der Waals surface area contributed by atoms with Crippen molar-refractivity contribution in [3.8, 4) is 0 Å². The summed E-state index contributed by atoms with van der Waals surface area (Å²) in [5, 5.41) is 0. The Labute approximate surface area is 104 Å². The first-order valence-corrected chi connectivity index (χ1v) is 6.47. The number of aromatic nitrogens is 2. The van der Waals surface area contributed by atoms with E-state index in [2.05, 4.69) is 20.1 Å². The van der Waals surface area contributed by atoms with Crippen molar-refractivity contribution in [2.75, 3.05) is 10.1 Å². The van der Waals surface area contributed by atoms with Gasteiger partial charge >= 0.3 is 0 Å². The monoisotopic (exact) mass is 265 g/mol. The van der Waals surface area contributed by atoms with E-state index in [1.54, 1.807) is 18.2 Å². The molecule has 2 rings (SSSR count). The summed E-state index contributed by atoms with van der Waals surface area (Å²) in [5.74, 6) is 5.68. The zero-order valence-electron chi connectivity index (χ0n) is 9.24. The third-order valence-electron chi connectivity index (χ3n) is 2.09. The molecule has 0 atom stereocenters. The molecule has 8 heteroatoms. The predicted molar refractivity (Wildman–Crippen MR) is 67.1 cm³/mol. The molecule has 4 N–H and O–H groups in total. The van der Waals surface area contributed by atoms with Crippen LogP contribution >= 0.6 is 0 Å². The maximum absolute atomic E-state index is 12.0. The van der Waals surface area contributed by atoms with Crippen LogP contribution in [-0.4, -0.2) is 18.4 Å². The first-order chi connectivity index (χ1) is 8.62. The quantitative estimate of drug-likeness (QED) is 0.550. The van der Waals surface area contributed by atoms with Gasteiger partial charge in [-0.1, -0.05) is 6.07 Å². The molecule has 2 heterocycles. The largest absolute Gasteiger partial charge is 0.308 e. The SMILES string of the molecule is NNc1cc(S(=O)(=O)Nc2ccccn2)ccn1. The Morgan fingerprint density at radius 1 is 1.06 bits per heavy atom. The van der Waals surface area contributed by atoms with Crippen molar-refractivity contribution in [1.82, 2.24) is 9.97 Å². The number of sulfonamides is 1. The number of hydrazine groups is 1. The fourth-order valence-corrected chi connectivity index (χ4v) is 2.30. The highest BCUT2D eigenvalue weighted by atomic mass is 32.2. The highest BCUT2D eigenvalue weighted by Gasteiger charge is 2.15.